The molecular formula is C19H17N3S2. The number of hydrogen-bond acceptors (Lipinski definition) is 3. The SMILES string of the molecule is S=C1N[C@H](c2ccccn2)[C@@H](c2cccs2)N1Cc1ccccc1. The fourth-order valence-corrected chi connectivity index (χ4v) is 4.30. The predicted octanol–water partition coefficient (Wildman–Crippen LogP) is 4.32. The van der Waals surface area contributed by atoms with E-state index in [-0.39, 0.29) is 12.1 Å². The molecule has 1 aliphatic heterocycles. The van der Waals surface area contributed by atoms with E-state index in [9.17, 15) is 0 Å². The van der Waals surface area contributed by atoms with E-state index in [0.29, 0.717) is 0 Å². The van der Waals surface area contributed by atoms with Crippen LogP contribution in [0.1, 0.15) is 28.2 Å². The second-order valence-corrected chi connectivity index (χ2v) is 7.12. The van der Waals surface area contributed by atoms with E-state index in [1.807, 2.05) is 24.4 Å². The number of thiophene rings is 1. The van der Waals surface area contributed by atoms with Crippen molar-refractivity contribution in [1.29, 1.82) is 0 Å². The minimum Gasteiger partial charge on any atom is -0.352 e. The van der Waals surface area contributed by atoms with Gasteiger partial charge in [-0.3, -0.25) is 4.98 Å². The molecule has 3 nitrogen and oxygen atoms in total. The van der Waals surface area contributed by atoms with Crippen LogP contribution in [0.25, 0.3) is 0 Å². The molecule has 1 aliphatic rings. The van der Waals surface area contributed by atoms with Gasteiger partial charge >= 0.3 is 0 Å². The number of benzene rings is 1. The molecule has 5 heteroatoms. The summed E-state index contributed by atoms with van der Waals surface area (Å²) in [6.45, 7) is 0.790. The molecule has 1 fully saturated rings. The standard InChI is InChI=1S/C19H17N3S2/c23-19-21-17(15-9-4-5-11-20-15)18(16-10-6-12-24-16)22(19)13-14-7-2-1-3-8-14/h1-12,17-18H,13H2,(H,21,23)/t17-,18-/m1/s1. The lowest BCUT2D eigenvalue weighted by atomic mass is 10.0. The summed E-state index contributed by atoms with van der Waals surface area (Å²) in [4.78, 5) is 8.13. The predicted molar refractivity (Wildman–Crippen MR) is 102 cm³/mol. The molecule has 0 bridgehead atoms. The zero-order chi connectivity index (χ0) is 16.4. The molecular weight excluding hydrogens is 334 g/mol. The highest BCUT2D eigenvalue weighted by Crippen LogP contribution is 2.41. The van der Waals surface area contributed by atoms with Crippen molar-refractivity contribution in [2.45, 2.75) is 18.6 Å². The maximum atomic E-state index is 5.66. The molecule has 0 unspecified atom stereocenters. The van der Waals surface area contributed by atoms with Crippen molar-refractivity contribution < 1.29 is 0 Å². The Bertz CT molecular complexity index is 803. The van der Waals surface area contributed by atoms with E-state index in [0.717, 1.165) is 17.4 Å². The number of hydrogen-bond donors (Lipinski definition) is 1. The highest BCUT2D eigenvalue weighted by atomic mass is 32.1. The number of pyridine rings is 1. The lowest BCUT2D eigenvalue weighted by Gasteiger charge is -2.26. The molecule has 120 valence electrons. The van der Waals surface area contributed by atoms with Gasteiger partial charge in [0.1, 0.15) is 0 Å². The van der Waals surface area contributed by atoms with E-state index < -0.39 is 0 Å². The zero-order valence-corrected chi connectivity index (χ0v) is 14.6. The molecule has 0 amide bonds. The summed E-state index contributed by atoms with van der Waals surface area (Å²) in [7, 11) is 0. The van der Waals surface area contributed by atoms with Gasteiger partial charge in [-0.25, -0.2) is 0 Å². The summed E-state index contributed by atoms with van der Waals surface area (Å²) >= 11 is 7.43. The summed E-state index contributed by atoms with van der Waals surface area (Å²) in [5, 5.41) is 6.38. The lowest BCUT2D eigenvalue weighted by molar-refractivity contribution is 0.315. The van der Waals surface area contributed by atoms with Crippen molar-refractivity contribution in [2.75, 3.05) is 0 Å². The molecule has 1 aromatic carbocycles. The van der Waals surface area contributed by atoms with Gasteiger partial charge in [-0.05, 0) is 41.4 Å². The van der Waals surface area contributed by atoms with E-state index in [4.69, 9.17) is 12.2 Å². The molecule has 4 rings (SSSR count). The first-order chi connectivity index (χ1) is 11.8. The Kier molecular flexibility index (Phi) is 4.28. The van der Waals surface area contributed by atoms with Gasteiger partial charge in [0, 0.05) is 17.6 Å². The molecule has 1 N–H and O–H groups in total. The average Bonchev–Trinajstić information content (AvgIpc) is 3.25. The highest BCUT2D eigenvalue weighted by Gasteiger charge is 2.40. The van der Waals surface area contributed by atoms with Crippen LogP contribution in [0, 0.1) is 0 Å². The second-order valence-electron chi connectivity index (χ2n) is 5.76. The minimum absolute atomic E-state index is 0.0704. The third-order valence-electron chi connectivity index (χ3n) is 4.23. The smallest absolute Gasteiger partial charge is 0.170 e. The quantitative estimate of drug-likeness (QED) is 0.709. The van der Waals surface area contributed by atoms with Crippen LogP contribution < -0.4 is 5.32 Å². The maximum absolute atomic E-state index is 5.66. The number of aromatic nitrogens is 1. The molecule has 1 saturated heterocycles. The Balaban J connectivity index is 1.71. The Morgan fingerprint density at radius 2 is 1.88 bits per heavy atom. The Morgan fingerprint density at radius 3 is 2.58 bits per heavy atom. The van der Waals surface area contributed by atoms with Crippen molar-refractivity contribution in [3.8, 4) is 0 Å². The third kappa shape index (κ3) is 2.92. The van der Waals surface area contributed by atoms with Gasteiger partial charge in [-0.1, -0.05) is 42.5 Å². The van der Waals surface area contributed by atoms with Gasteiger partial charge < -0.3 is 10.2 Å². The third-order valence-corrected chi connectivity index (χ3v) is 5.52. The second kappa shape index (κ2) is 6.71. The van der Waals surface area contributed by atoms with Gasteiger partial charge in [0.15, 0.2) is 5.11 Å². The molecule has 3 aromatic rings. The summed E-state index contributed by atoms with van der Waals surface area (Å²) in [6.07, 6.45) is 1.84. The maximum Gasteiger partial charge on any atom is 0.170 e. The van der Waals surface area contributed by atoms with E-state index in [2.05, 4.69) is 63.0 Å². The van der Waals surface area contributed by atoms with Crippen molar-refractivity contribution >= 4 is 28.7 Å². The van der Waals surface area contributed by atoms with Crippen LogP contribution in [-0.2, 0) is 6.54 Å². The largest absolute Gasteiger partial charge is 0.352 e. The summed E-state index contributed by atoms with van der Waals surface area (Å²) in [5.41, 5.74) is 2.28. The van der Waals surface area contributed by atoms with Gasteiger partial charge in [-0.2, -0.15) is 0 Å². The Labute approximate surface area is 151 Å². The number of rotatable bonds is 4. The first-order valence-electron chi connectivity index (χ1n) is 7.88. The van der Waals surface area contributed by atoms with Crippen LogP contribution in [0.15, 0.2) is 72.2 Å². The minimum atomic E-state index is 0.0704. The van der Waals surface area contributed by atoms with E-state index >= 15 is 0 Å². The molecule has 0 saturated carbocycles. The molecule has 2 aromatic heterocycles. The summed E-state index contributed by atoms with van der Waals surface area (Å²) in [6, 6.07) is 21.0. The van der Waals surface area contributed by atoms with Crippen LogP contribution in [-0.4, -0.2) is 15.0 Å². The van der Waals surface area contributed by atoms with Crippen LogP contribution in [0.3, 0.4) is 0 Å². The number of thiocarbonyl (C=S) groups is 1. The molecule has 2 atom stereocenters. The fourth-order valence-electron chi connectivity index (χ4n) is 3.12. The van der Waals surface area contributed by atoms with Crippen LogP contribution >= 0.6 is 23.6 Å². The highest BCUT2D eigenvalue weighted by molar-refractivity contribution is 7.80. The summed E-state index contributed by atoms with van der Waals surface area (Å²) < 4.78 is 0. The first kappa shape index (κ1) is 15.3. The Hall–Kier alpha value is -2.24. The molecule has 0 radical (unpaired) electrons. The van der Waals surface area contributed by atoms with Gasteiger partial charge in [0.2, 0.25) is 0 Å². The van der Waals surface area contributed by atoms with Crippen molar-refractivity contribution in [1.82, 2.24) is 15.2 Å². The first-order valence-corrected chi connectivity index (χ1v) is 9.17. The average molecular weight is 352 g/mol. The molecule has 3 heterocycles. The van der Waals surface area contributed by atoms with Gasteiger partial charge in [0.25, 0.3) is 0 Å². The van der Waals surface area contributed by atoms with Crippen LogP contribution in [0.4, 0.5) is 0 Å². The molecule has 24 heavy (non-hydrogen) atoms. The topological polar surface area (TPSA) is 28.2 Å². The van der Waals surface area contributed by atoms with Gasteiger partial charge in [0.05, 0.1) is 17.8 Å². The monoisotopic (exact) mass is 351 g/mol. The zero-order valence-electron chi connectivity index (χ0n) is 13.0. The molecule has 0 spiro atoms. The van der Waals surface area contributed by atoms with Crippen molar-refractivity contribution in [2.24, 2.45) is 0 Å². The lowest BCUT2D eigenvalue weighted by Crippen LogP contribution is -2.28. The number of nitrogens with one attached hydrogen (secondary N) is 1. The van der Waals surface area contributed by atoms with Gasteiger partial charge in [-0.15, -0.1) is 11.3 Å². The van der Waals surface area contributed by atoms with Crippen LogP contribution in [0.5, 0.6) is 0 Å². The van der Waals surface area contributed by atoms with Crippen LogP contribution in [0.2, 0.25) is 0 Å². The fraction of sp³-hybridized carbons (Fsp3) is 0.158. The van der Waals surface area contributed by atoms with Crippen molar-refractivity contribution in [3.63, 3.8) is 0 Å². The van der Waals surface area contributed by atoms with Crippen molar-refractivity contribution in [3.05, 3.63) is 88.4 Å². The number of nitrogens with zero attached hydrogens (tertiary/aromatic N) is 2. The molecule has 0 aliphatic carbocycles. The van der Waals surface area contributed by atoms with E-state index in [1.54, 1.807) is 11.3 Å². The normalized spacial score (nSPS) is 20.2. The van der Waals surface area contributed by atoms with E-state index in [1.165, 1.54) is 10.4 Å². The Morgan fingerprint density at radius 1 is 1.04 bits per heavy atom. The summed E-state index contributed by atoms with van der Waals surface area (Å²) in [5.74, 6) is 0.